The van der Waals surface area contributed by atoms with E-state index in [1.165, 1.54) is 12.1 Å². The van der Waals surface area contributed by atoms with Gasteiger partial charge in [0.2, 0.25) is 0 Å². The van der Waals surface area contributed by atoms with Gasteiger partial charge in [-0.15, -0.1) is 0 Å². The Balaban J connectivity index is 2.82. The van der Waals surface area contributed by atoms with Crippen molar-refractivity contribution in [3.05, 3.63) is 41.0 Å². The van der Waals surface area contributed by atoms with Gasteiger partial charge in [0.1, 0.15) is 6.61 Å². The summed E-state index contributed by atoms with van der Waals surface area (Å²) < 4.78 is 32.1. The molecule has 0 unspecified atom stereocenters. The van der Waals surface area contributed by atoms with Gasteiger partial charge in [0.25, 0.3) is 0 Å². The molecule has 2 N–H and O–H groups in total. The fourth-order valence-corrected chi connectivity index (χ4v) is 1.35. The van der Waals surface area contributed by atoms with E-state index in [1.54, 1.807) is 6.08 Å². The molecule has 4 heteroatoms. The maximum absolute atomic E-state index is 13.5. The molecular formula is C13H17F2NO. The number of allylic oxidation sites excluding steroid dienone is 1. The third kappa shape index (κ3) is 4.15. The molecule has 0 radical (unpaired) electrons. The van der Waals surface area contributed by atoms with E-state index < -0.39 is 11.6 Å². The van der Waals surface area contributed by atoms with E-state index in [-0.39, 0.29) is 12.4 Å². The van der Waals surface area contributed by atoms with Crippen LogP contribution in [0.15, 0.2) is 23.8 Å². The summed E-state index contributed by atoms with van der Waals surface area (Å²) in [6.45, 7) is 4.30. The third-order valence-corrected chi connectivity index (χ3v) is 2.21. The summed E-state index contributed by atoms with van der Waals surface area (Å²) in [5.74, 6) is -1.70. The van der Waals surface area contributed by atoms with Crippen molar-refractivity contribution in [1.82, 2.24) is 0 Å². The van der Waals surface area contributed by atoms with Crippen LogP contribution in [0.1, 0.15) is 19.4 Å². The lowest BCUT2D eigenvalue weighted by molar-refractivity contribution is 0.319. The van der Waals surface area contributed by atoms with Gasteiger partial charge in [0.15, 0.2) is 17.4 Å². The van der Waals surface area contributed by atoms with Crippen LogP contribution in [0.2, 0.25) is 0 Å². The van der Waals surface area contributed by atoms with Gasteiger partial charge in [0.05, 0.1) is 0 Å². The Labute approximate surface area is 100 Å². The smallest absolute Gasteiger partial charge is 0.191 e. The average molecular weight is 241 g/mol. The summed E-state index contributed by atoms with van der Waals surface area (Å²) in [5, 5.41) is 0. The lowest BCUT2D eigenvalue weighted by Gasteiger charge is -2.08. The summed E-state index contributed by atoms with van der Waals surface area (Å²) in [4.78, 5) is 0. The molecule has 0 aliphatic heterocycles. The first-order valence-electron chi connectivity index (χ1n) is 5.48. The molecule has 94 valence electrons. The zero-order valence-electron chi connectivity index (χ0n) is 10.1. The predicted octanol–water partition coefficient (Wildman–Crippen LogP) is 2.81. The normalized spacial score (nSPS) is 10.2. The van der Waals surface area contributed by atoms with Gasteiger partial charge in [-0.3, -0.25) is 0 Å². The van der Waals surface area contributed by atoms with Crippen LogP contribution in [-0.4, -0.2) is 13.2 Å². The molecule has 1 aromatic rings. The maximum atomic E-state index is 13.5. The number of hydrogen-bond acceptors (Lipinski definition) is 2. The molecule has 0 aromatic heterocycles. The maximum Gasteiger partial charge on any atom is 0.191 e. The van der Waals surface area contributed by atoms with E-state index in [4.69, 9.17) is 10.5 Å². The molecule has 0 aliphatic carbocycles. The fraction of sp³-hybridized carbons (Fsp3) is 0.385. The number of rotatable bonds is 5. The average Bonchev–Trinajstić information content (AvgIpc) is 2.22. The van der Waals surface area contributed by atoms with E-state index in [9.17, 15) is 8.78 Å². The van der Waals surface area contributed by atoms with Crippen LogP contribution in [-0.2, 0) is 6.42 Å². The van der Waals surface area contributed by atoms with E-state index in [1.807, 2.05) is 13.8 Å². The molecule has 1 rings (SSSR count). The first kappa shape index (κ1) is 13.6. The minimum absolute atomic E-state index is 0.159. The Morgan fingerprint density at radius 1 is 1.29 bits per heavy atom. The zero-order valence-corrected chi connectivity index (χ0v) is 10.1. The van der Waals surface area contributed by atoms with Crippen molar-refractivity contribution in [2.24, 2.45) is 5.73 Å². The minimum Gasteiger partial charge on any atom is -0.483 e. The largest absolute Gasteiger partial charge is 0.483 e. The standard InChI is InChI=1S/C13H17F2NO/c1-9(2)4-6-17-13-11(14)7-10(3-5-16)8-12(13)15/h4,7-8H,3,5-6,16H2,1-2H3. The number of benzene rings is 1. The minimum atomic E-state index is -0.685. The first-order chi connectivity index (χ1) is 8.04. The molecule has 0 bridgehead atoms. The molecular weight excluding hydrogens is 224 g/mol. The van der Waals surface area contributed by atoms with Crippen LogP contribution < -0.4 is 10.5 Å². The Bertz CT molecular complexity index is 389. The molecule has 0 atom stereocenters. The van der Waals surface area contributed by atoms with Crippen LogP contribution in [0.5, 0.6) is 5.75 Å². The van der Waals surface area contributed by atoms with Gasteiger partial charge < -0.3 is 10.5 Å². The molecule has 0 fully saturated rings. The highest BCUT2D eigenvalue weighted by Crippen LogP contribution is 2.23. The second-order valence-electron chi connectivity index (χ2n) is 4.02. The quantitative estimate of drug-likeness (QED) is 0.804. The van der Waals surface area contributed by atoms with Crippen LogP contribution in [0, 0.1) is 11.6 Å². The number of nitrogens with two attached hydrogens (primary N) is 1. The van der Waals surface area contributed by atoms with Crippen molar-refractivity contribution >= 4 is 0 Å². The van der Waals surface area contributed by atoms with Crippen LogP contribution in [0.25, 0.3) is 0 Å². The first-order valence-corrected chi connectivity index (χ1v) is 5.48. The van der Waals surface area contributed by atoms with Crippen LogP contribution in [0.3, 0.4) is 0 Å². The van der Waals surface area contributed by atoms with Gasteiger partial charge in [-0.2, -0.15) is 0 Å². The lowest BCUT2D eigenvalue weighted by Crippen LogP contribution is -2.05. The van der Waals surface area contributed by atoms with Gasteiger partial charge in [0, 0.05) is 0 Å². The van der Waals surface area contributed by atoms with Crippen molar-refractivity contribution in [1.29, 1.82) is 0 Å². The SMILES string of the molecule is CC(C)=CCOc1c(F)cc(CCN)cc1F. The Morgan fingerprint density at radius 2 is 1.88 bits per heavy atom. The molecule has 0 aliphatic rings. The summed E-state index contributed by atoms with van der Waals surface area (Å²) in [6.07, 6.45) is 2.20. The molecule has 2 nitrogen and oxygen atoms in total. The summed E-state index contributed by atoms with van der Waals surface area (Å²) >= 11 is 0. The van der Waals surface area contributed by atoms with Crippen molar-refractivity contribution < 1.29 is 13.5 Å². The highest BCUT2D eigenvalue weighted by molar-refractivity contribution is 5.31. The highest BCUT2D eigenvalue weighted by Gasteiger charge is 2.11. The topological polar surface area (TPSA) is 35.2 Å². The molecule has 17 heavy (non-hydrogen) atoms. The highest BCUT2D eigenvalue weighted by atomic mass is 19.1. The molecule has 0 heterocycles. The van der Waals surface area contributed by atoms with Gasteiger partial charge in [-0.1, -0.05) is 5.57 Å². The molecule has 1 aromatic carbocycles. The monoisotopic (exact) mass is 241 g/mol. The van der Waals surface area contributed by atoms with E-state index in [2.05, 4.69) is 0 Å². The van der Waals surface area contributed by atoms with Crippen molar-refractivity contribution in [2.45, 2.75) is 20.3 Å². The van der Waals surface area contributed by atoms with Crippen molar-refractivity contribution in [3.63, 3.8) is 0 Å². The number of hydrogen-bond donors (Lipinski definition) is 1. The zero-order chi connectivity index (χ0) is 12.8. The number of halogens is 2. The Morgan fingerprint density at radius 3 is 2.35 bits per heavy atom. The van der Waals surface area contributed by atoms with Crippen molar-refractivity contribution in [3.8, 4) is 5.75 Å². The number of ether oxygens (including phenoxy) is 1. The second kappa shape index (κ2) is 6.35. The van der Waals surface area contributed by atoms with Crippen LogP contribution in [0.4, 0.5) is 8.78 Å². The predicted molar refractivity (Wildman–Crippen MR) is 64.0 cm³/mol. The lowest BCUT2D eigenvalue weighted by atomic mass is 10.1. The van der Waals surface area contributed by atoms with Gasteiger partial charge >= 0.3 is 0 Å². The van der Waals surface area contributed by atoms with Crippen LogP contribution >= 0.6 is 0 Å². The fourth-order valence-electron chi connectivity index (χ4n) is 1.35. The Hall–Kier alpha value is -1.42. The van der Waals surface area contributed by atoms with Crippen molar-refractivity contribution in [2.75, 3.05) is 13.2 Å². The molecule has 0 saturated carbocycles. The van der Waals surface area contributed by atoms with E-state index in [0.717, 1.165) is 5.57 Å². The summed E-state index contributed by atoms with van der Waals surface area (Å²) in [5.41, 5.74) is 6.90. The second-order valence-corrected chi connectivity index (χ2v) is 4.02. The molecule has 0 spiro atoms. The van der Waals surface area contributed by atoms with E-state index in [0.29, 0.717) is 18.5 Å². The van der Waals surface area contributed by atoms with E-state index >= 15 is 0 Å². The third-order valence-electron chi connectivity index (χ3n) is 2.21. The summed E-state index contributed by atoms with van der Waals surface area (Å²) in [7, 11) is 0. The Kier molecular flexibility index (Phi) is 5.10. The molecule has 0 saturated heterocycles. The van der Waals surface area contributed by atoms with Gasteiger partial charge in [-0.25, -0.2) is 8.78 Å². The molecule has 0 amide bonds. The van der Waals surface area contributed by atoms with Gasteiger partial charge in [-0.05, 0) is 50.6 Å². The summed E-state index contributed by atoms with van der Waals surface area (Å²) in [6, 6.07) is 2.52.